The van der Waals surface area contributed by atoms with E-state index in [1.807, 2.05) is 12.3 Å². The van der Waals surface area contributed by atoms with E-state index in [1.54, 1.807) is 0 Å². The minimum atomic E-state index is -2.73. The Kier molecular flexibility index (Phi) is 4.43. The number of hydrogen-bond donors (Lipinski definition) is 1. The molecule has 1 fully saturated rings. The van der Waals surface area contributed by atoms with Gasteiger partial charge >= 0.3 is 0 Å². The second-order valence-electron chi connectivity index (χ2n) is 5.62. The van der Waals surface area contributed by atoms with Crippen molar-refractivity contribution in [3.05, 3.63) is 17.1 Å². The maximum Gasteiger partial charge on any atom is 0.267 e. The third-order valence-corrected chi connectivity index (χ3v) is 4.76. The first-order valence-corrected chi connectivity index (χ1v) is 8.36. The maximum atomic E-state index is 14.0. The van der Waals surface area contributed by atoms with Gasteiger partial charge in [-0.3, -0.25) is 0 Å². The van der Waals surface area contributed by atoms with Crippen LogP contribution in [0.3, 0.4) is 0 Å². The third-order valence-electron chi connectivity index (χ3n) is 3.81. The standard InChI is InChI=1S/C15H18F2N4OS/c1-9-8-23-14(18-9)13-20-11(7-12(21-13)22-2)19-10-5-3-4-6-15(10,16)17/h7-8,10H,3-6H2,1-2H3,(H,19,20,21). The van der Waals surface area contributed by atoms with E-state index in [2.05, 4.69) is 20.3 Å². The number of anilines is 1. The molecule has 0 amide bonds. The number of aromatic nitrogens is 3. The molecule has 5 nitrogen and oxygen atoms in total. The minimum Gasteiger partial charge on any atom is -0.481 e. The summed E-state index contributed by atoms with van der Waals surface area (Å²) in [6, 6.07) is 0.621. The quantitative estimate of drug-likeness (QED) is 0.914. The molecule has 3 rings (SSSR count). The van der Waals surface area contributed by atoms with Gasteiger partial charge in [0.05, 0.1) is 13.2 Å². The lowest BCUT2D eigenvalue weighted by Crippen LogP contribution is -2.42. The molecule has 0 spiro atoms. The smallest absolute Gasteiger partial charge is 0.267 e. The van der Waals surface area contributed by atoms with Crippen LogP contribution in [0, 0.1) is 6.92 Å². The topological polar surface area (TPSA) is 59.9 Å². The molecule has 23 heavy (non-hydrogen) atoms. The van der Waals surface area contributed by atoms with Crippen molar-refractivity contribution < 1.29 is 13.5 Å². The van der Waals surface area contributed by atoms with E-state index in [1.165, 1.54) is 24.5 Å². The summed E-state index contributed by atoms with van der Waals surface area (Å²) in [5.74, 6) is -1.69. The summed E-state index contributed by atoms with van der Waals surface area (Å²) in [6.07, 6.45) is 1.67. The van der Waals surface area contributed by atoms with Crippen molar-refractivity contribution in [2.24, 2.45) is 0 Å². The number of methoxy groups -OCH3 is 1. The number of ether oxygens (including phenoxy) is 1. The molecule has 2 heterocycles. The molecule has 2 aromatic heterocycles. The zero-order chi connectivity index (χ0) is 16.4. The van der Waals surface area contributed by atoms with Crippen LogP contribution >= 0.6 is 11.3 Å². The van der Waals surface area contributed by atoms with Crippen molar-refractivity contribution in [2.45, 2.75) is 44.6 Å². The van der Waals surface area contributed by atoms with Crippen LogP contribution in [0.25, 0.3) is 10.8 Å². The summed E-state index contributed by atoms with van der Waals surface area (Å²) in [5, 5.41) is 5.39. The van der Waals surface area contributed by atoms with Crippen molar-refractivity contribution in [1.82, 2.24) is 15.0 Å². The first-order chi connectivity index (χ1) is 11.0. The minimum absolute atomic E-state index is 0.0918. The summed E-state index contributed by atoms with van der Waals surface area (Å²) >= 11 is 1.41. The van der Waals surface area contributed by atoms with Crippen molar-refractivity contribution in [3.8, 4) is 16.7 Å². The Morgan fingerprint density at radius 1 is 1.30 bits per heavy atom. The van der Waals surface area contributed by atoms with Crippen LogP contribution in [0.1, 0.15) is 31.4 Å². The summed E-state index contributed by atoms with van der Waals surface area (Å²) < 4.78 is 33.2. The Morgan fingerprint density at radius 2 is 2.13 bits per heavy atom. The molecule has 0 radical (unpaired) electrons. The summed E-state index contributed by atoms with van der Waals surface area (Å²) in [6.45, 7) is 1.88. The van der Waals surface area contributed by atoms with E-state index in [0.29, 0.717) is 35.4 Å². The Labute approximate surface area is 137 Å². The largest absolute Gasteiger partial charge is 0.481 e. The molecule has 1 saturated carbocycles. The molecule has 1 aliphatic carbocycles. The lowest BCUT2D eigenvalue weighted by molar-refractivity contribution is -0.0449. The number of aryl methyl sites for hydroxylation is 1. The molecule has 124 valence electrons. The van der Waals surface area contributed by atoms with Crippen molar-refractivity contribution in [3.63, 3.8) is 0 Å². The van der Waals surface area contributed by atoms with Gasteiger partial charge in [0.15, 0.2) is 10.8 Å². The molecule has 1 N–H and O–H groups in total. The average molecular weight is 340 g/mol. The van der Waals surface area contributed by atoms with Crippen LogP contribution < -0.4 is 10.1 Å². The van der Waals surface area contributed by atoms with Gasteiger partial charge in [0.1, 0.15) is 5.82 Å². The fraction of sp³-hybridized carbons (Fsp3) is 0.533. The number of alkyl halides is 2. The molecular weight excluding hydrogens is 322 g/mol. The highest BCUT2D eigenvalue weighted by Crippen LogP contribution is 2.35. The van der Waals surface area contributed by atoms with E-state index in [9.17, 15) is 8.78 Å². The average Bonchev–Trinajstić information content (AvgIpc) is 2.95. The van der Waals surface area contributed by atoms with Crippen LogP contribution in [0.2, 0.25) is 0 Å². The van der Waals surface area contributed by atoms with Gasteiger partial charge < -0.3 is 10.1 Å². The fourth-order valence-corrected chi connectivity index (χ4v) is 3.33. The molecule has 0 aromatic carbocycles. The van der Waals surface area contributed by atoms with Crippen LogP contribution in [0.4, 0.5) is 14.6 Å². The highest BCUT2D eigenvalue weighted by Gasteiger charge is 2.41. The Balaban J connectivity index is 1.89. The van der Waals surface area contributed by atoms with Crippen LogP contribution in [-0.2, 0) is 0 Å². The van der Waals surface area contributed by atoms with Crippen LogP contribution in [-0.4, -0.2) is 34.0 Å². The van der Waals surface area contributed by atoms with Crippen molar-refractivity contribution in [2.75, 3.05) is 12.4 Å². The summed E-state index contributed by atoms with van der Waals surface area (Å²) in [4.78, 5) is 12.9. The SMILES string of the molecule is COc1cc(NC2CCCCC2(F)F)nc(-c2nc(C)cs2)n1. The van der Waals surface area contributed by atoms with Crippen LogP contribution in [0.15, 0.2) is 11.4 Å². The number of halogens is 2. The predicted octanol–water partition coefficient (Wildman–Crippen LogP) is 3.91. The highest BCUT2D eigenvalue weighted by molar-refractivity contribution is 7.13. The molecule has 0 saturated heterocycles. The fourth-order valence-electron chi connectivity index (χ4n) is 2.61. The number of thiazole rings is 1. The molecule has 1 atom stereocenters. The Morgan fingerprint density at radius 3 is 2.78 bits per heavy atom. The van der Waals surface area contributed by atoms with Gasteiger partial charge in [-0.25, -0.2) is 18.7 Å². The number of rotatable bonds is 4. The molecule has 0 bridgehead atoms. The number of nitrogens with zero attached hydrogens (tertiary/aromatic N) is 3. The normalized spacial score (nSPS) is 20.3. The second-order valence-corrected chi connectivity index (χ2v) is 6.48. The van der Waals surface area contributed by atoms with Crippen LogP contribution in [0.5, 0.6) is 5.88 Å². The Bertz CT molecular complexity index is 692. The van der Waals surface area contributed by atoms with Gasteiger partial charge in [0, 0.05) is 23.6 Å². The summed E-state index contributed by atoms with van der Waals surface area (Å²) in [5.41, 5.74) is 0.866. The molecule has 2 aromatic rings. The summed E-state index contributed by atoms with van der Waals surface area (Å²) in [7, 11) is 1.48. The van der Waals surface area contributed by atoms with Gasteiger partial charge in [-0.2, -0.15) is 4.98 Å². The molecular formula is C15H18F2N4OS. The van der Waals surface area contributed by atoms with E-state index in [0.717, 1.165) is 12.1 Å². The van der Waals surface area contributed by atoms with Gasteiger partial charge in [-0.1, -0.05) is 6.42 Å². The van der Waals surface area contributed by atoms with Gasteiger partial charge in [0.2, 0.25) is 5.88 Å². The number of hydrogen-bond acceptors (Lipinski definition) is 6. The van der Waals surface area contributed by atoms with Crippen molar-refractivity contribution >= 4 is 17.2 Å². The molecule has 0 aliphatic heterocycles. The van der Waals surface area contributed by atoms with Gasteiger partial charge in [0.25, 0.3) is 5.92 Å². The first-order valence-electron chi connectivity index (χ1n) is 7.48. The molecule has 8 heteroatoms. The lowest BCUT2D eigenvalue weighted by Gasteiger charge is -2.32. The monoisotopic (exact) mass is 340 g/mol. The maximum absolute atomic E-state index is 14.0. The second kappa shape index (κ2) is 6.35. The molecule has 1 unspecified atom stereocenters. The van der Waals surface area contributed by atoms with Gasteiger partial charge in [-0.05, 0) is 19.8 Å². The molecule has 1 aliphatic rings. The zero-order valence-electron chi connectivity index (χ0n) is 13.0. The lowest BCUT2D eigenvalue weighted by atomic mass is 9.91. The zero-order valence-corrected chi connectivity index (χ0v) is 13.8. The predicted molar refractivity (Wildman–Crippen MR) is 85.3 cm³/mol. The Hall–Kier alpha value is -1.83. The van der Waals surface area contributed by atoms with Crippen molar-refractivity contribution in [1.29, 1.82) is 0 Å². The highest BCUT2D eigenvalue weighted by atomic mass is 32.1. The van der Waals surface area contributed by atoms with E-state index < -0.39 is 12.0 Å². The number of nitrogens with one attached hydrogen (secondary N) is 1. The van der Waals surface area contributed by atoms with Gasteiger partial charge in [-0.15, -0.1) is 11.3 Å². The van der Waals surface area contributed by atoms with E-state index in [-0.39, 0.29) is 6.42 Å². The van der Waals surface area contributed by atoms with E-state index in [4.69, 9.17) is 4.74 Å². The van der Waals surface area contributed by atoms with E-state index >= 15 is 0 Å². The first kappa shape index (κ1) is 16.0. The third kappa shape index (κ3) is 3.57.